The molecule has 3 aromatic rings. The van der Waals surface area contributed by atoms with E-state index in [4.69, 9.17) is 16.3 Å². The van der Waals surface area contributed by atoms with Gasteiger partial charge in [0, 0.05) is 18.1 Å². The topological polar surface area (TPSA) is 50.4 Å². The first kappa shape index (κ1) is 21.4. The molecule has 0 aromatic heterocycles. The Morgan fingerprint density at radius 3 is 2.13 bits per heavy atom. The highest BCUT2D eigenvalue weighted by Crippen LogP contribution is 2.27. The molecule has 1 aliphatic carbocycles. The summed E-state index contributed by atoms with van der Waals surface area (Å²) in [5, 5.41) is 7.02. The SMILES string of the molecule is O=C(NCCc1ccc(CNCC2CC2)cc1)Oc1ccc(-c2ccc(Cl)cc2)cc1. The minimum atomic E-state index is -0.444. The summed E-state index contributed by atoms with van der Waals surface area (Å²) >= 11 is 5.93. The standard InChI is InChI=1S/C26H27ClN2O2/c27-24-11-7-22(8-12-24)23-9-13-25(14-10-23)31-26(30)29-16-15-19-1-3-20(4-2-19)17-28-18-21-5-6-21/h1-4,7-14,21,28H,5-6,15-18H2,(H,29,30). The Kier molecular flexibility index (Phi) is 7.23. The highest BCUT2D eigenvalue weighted by Gasteiger charge is 2.20. The van der Waals surface area contributed by atoms with E-state index in [1.807, 2.05) is 36.4 Å². The molecule has 1 aliphatic rings. The first-order valence-electron chi connectivity index (χ1n) is 10.8. The summed E-state index contributed by atoms with van der Waals surface area (Å²) in [6.07, 6.45) is 3.06. The predicted molar refractivity (Wildman–Crippen MR) is 125 cm³/mol. The van der Waals surface area contributed by atoms with E-state index >= 15 is 0 Å². The Balaban J connectivity index is 1.18. The molecule has 31 heavy (non-hydrogen) atoms. The van der Waals surface area contributed by atoms with Crippen LogP contribution in [0, 0.1) is 5.92 Å². The van der Waals surface area contributed by atoms with E-state index in [2.05, 4.69) is 34.9 Å². The van der Waals surface area contributed by atoms with Crippen LogP contribution in [0.15, 0.2) is 72.8 Å². The second-order valence-corrected chi connectivity index (χ2v) is 8.42. The van der Waals surface area contributed by atoms with Crippen molar-refractivity contribution in [2.24, 2.45) is 5.92 Å². The second kappa shape index (κ2) is 10.5. The Bertz CT molecular complexity index is 981. The molecule has 160 valence electrons. The third-order valence-corrected chi connectivity index (χ3v) is 5.66. The van der Waals surface area contributed by atoms with Crippen LogP contribution in [0.2, 0.25) is 5.02 Å². The van der Waals surface area contributed by atoms with E-state index in [0.29, 0.717) is 17.3 Å². The zero-order valence-electron chi connectivity index (χ0n) is 17.4. The van der Waals surface area contributed by atoms with Crippen molar-refractivity contribution >= 4 is 17.7 Å². The van der Waals surface area contributed by atoms with Crippen molar-refractivity contribution in [1.82, 2.24) is 10.6 Å². The van der Waals surface area contributed by atoms with Crippen LogP contribution >= 0.6 is 11.6 Å². The van der Waals surface area contributed by atoms with Gasteiger partial charge in [-0.3, -0.25) is 0 Å². The minimum Gasteiger partial charge on any atom is -0.410 e. The molecule has 1 amide bonds. The average molecular weight is 435 g/mol. The monoisotopic (exact) mass is 434 g/mol. The fourth-order valence-corrected chi connectivity index (χ4v) is 3.50. The Labute approximate surface area is 188 Å². The number of amides is 1. The number of carbonyl (C=O) groups is 1. The van der Waals surface area contributed by atoms with E-state index < -0.39 is 6.09 Å². The lowest BCUT2D eigenvalue weighted by atomic mass is 10.1. The summed E-state index contributed by atoms with van der Waals surface area (Å²) in [6, 6.07) is 23.6. The third kappa shape index (κ3) is 6.84. The Morgan fingerprint density at radius 1 is 0.871 bits per heavy atom. The van der Waals surface area contributed by atoms with Crippen LogP contribution in [-0.4, -0.2) is 19.2 Å². The van der Waals surface area contributed by atoms with Gasteiger partial charge in [0.25, 0.3) is 0 Å². The van der Waals surface area contributed by atoms with Gasteiger partial charge in [-0.2, -0.15) is 0 Å². The molecule has 2 N–H and O–H groups in total. The molecule has 1 saturated carbocycles. The molecule has 5 heteroatoms. The molecule has 0 aliphatic heterocycles. The molecular weight excluding hydrogens is 408 g/mol. The summed E-state index contributed by atoms with van der Waals surface area (Å²) in [6.45, 7) is 2.57. The molecule has 0 saturated heterocycles. The van der Waals surface area contributed by atoms with Crippen LogP contribution in [0.3, 0.4) is 0 Å². The molecular formula is C26H27ClN2O2. The fraction of sp³-hybridized carbons (Fsp3) is 0.269. The van der Waals surface area contributed by atoms with Gasteiger partial charge in [-0.1, -0.05) is 60.1 Å². The van der Waals surface area contributed by atoms with E-state index in [1.54, 1.807) is 12.1 Å². The van der Waals surface area contributed by atoms with E-state index in [-0.39, 0.29) is 0 Å². The molecule has 0 bridgehead atoms. The van der Waals surface area contributed by atoms with Crippen molar-refractivity contribution in [3.8, 4) is 16.9 Å². The van der Waals surface area contributed by atoms with Crippen molar-refractivity contribution in [2.45, 2.75) is 25.8 Å². The number of nitrogens with one attached hydrogen (secondary N) is 2. The summed E-state index contributed by atoms with van der Waals surface area (Å²) < 4.78 is 5.37. The summed E-state index contributed by atoms with van der Waals surface area (Å²) in [4.78, 5) is 12.1. The van der Waals surface area contributed by atoms with E-state index in [1.165, 1.54) is 24.0 Å². The molecule has 1 fully saturated rings. The lowest BCUT2D eigenvalue weighted by Gasteiger charge is -2.09. The van der Waals surface area contributed by atoms with Gasteiger partial charge in [-0.15, -0.1) is 0 Å². The number of ether oxygens (including phenoxy) is 1. The van der Waals surface area contributed by atoms with Crippen molar-refractivity contribution in [2.75, 3.05) is 13.1 Å². The number of halogens is 1. The molecule has 4 rings (SSSR count). The Morgan fingerprint density at radius 2 is 1.48 bits per heavy atom. The quantitative estimate of drug-likeness (QED) is 0.445. The maximum absolute atomic E-state index is 12.1. The normalized spacial score (nSPS) is 13.1. The maximum atomic E-state index is 12.1. The van der Waals surface area contributed by atoms with E-state index in [0.717, 1.165) is 36.6 Å². The van der Waals surface area contributed by atoms with Gasteiger partial charge in [0.05, 0.1) is 0 Å². The average Bonchev–Trinajstić information content (AvgIpc) is 3.61. The first-order valence-corrected chi connectivity index (χ1v) is 11.1. The lowest BCUT2D eigenvalue weighted by Crippen LogP contribution is -2.28. The number of hydrogen-bond acceptors (Lipinski definition) is 3. The summed E-state index contributed by atoms with van der Waals surface area (Å²) in [7, 11) is 0. The van der Waals surface area contributed by atoms with Crippen LogP contribution in [-0.2, 0) is 13.0 Å². The van der Waals surface area contributed by atoms with Gasteiger partial charge >= 0.3 is 6.09 Å². The van der Waals surface area contributed by atoms with Crippen molar-refractivity contribution in [3.05, 3.63) is 88.9 Å². The van der Waals surface area contributed by atoms with Crippen LogP contribution in [0.1, 0.15) is 24.0 Å². The van der Waals surface area contributed by atoms with Gasteiger partial charge in [0.1, 0.15) is 5.75 Å². The minimum absolute atomic E-state index is 0.444. The molecule has 3 aromatic carbocycles. The summed E-state index contributed by atoms with van der Waals surface area (Å²) in [5.74, 6) is 1.41. The predicted octanol–water partition coefficient (Wildman–Crippen LogP) is 5.84. The van der Waals surface area contributed by atoms with Crippen molar-refractivity contribution in [1.29, 1.82) is 0 Å². The van der Waals surface area contributed by atoms with Gasteiger partial charge < -0.3 is 15.4 Å². The second-order valence-electron chi connectivity index (χ2n) is 7.99. The van der Waals surface area contributed by atoms with Crippen LogP contribution in [0.25, 0.3) is 11.1 Å². The van der Waals surface area contributed by atoms with Crippen LogP contribution < -0.4 is 15.4 Å². The van der Waals surface area contributed by atoms with Crippen molar-refractivity contribution in [3.63, 3.8) is 0 Å². The van der Waals surface area contributed by atoms with Crippen LogP contribution in [0.5, 0.6) is 5.75 Å². The Hall–Kier alpha value is -2.82. The first-order chi connectivity index (χ1) is 15.2. The molecule has 0 heterocycles. The molecule has 0 radical (unpaired) electrons. The number of rotatable bonds is 9. The van der Waals surface area contributed by atoms with Crippen molar-refractivity contribution < 1.29 is 9.53 Å². The smallest absolute Gasteiger partial charge is 0.410 e. The number of hydrogen-bond donors (Lipinski definition) is 2. The van der Waals surface area contributed by atoms with Gasteiger partial charge in [-0.05, 0) is 78.2 Å². The highest BCUT2D eigenvalue weighted by atomic mass is 35.5. The van der Waals surface area contributed by atoms with E-state index in [9.17, 15) is 4.79 Å². The maximum Gasteiger partial charge on any atom is 0.412 e. The number of carbonyl (C=O) groups excluding carboxylic acids is 1. The zero-order valence-corrected chi connectivity index (χ0v) is 18.2. The summed E-state index contributed by atoms with van der Waals surface area (Å²) in [5.41, 5.74) is 4.58. The molecule has 4 nitrogen and oxygen atoms in total. The van der Waals surface area contributed by atoms with Crippen LogP contribution in [0.4, 0.5) is 4.79 Å². The lowest BCUT2D eigenvalue weighted by molar-refractivity contribution is 0.200. The molecule has 0 atom stereocenters. The largest absolute Gasteiger partial charge is 0.412 e. The van der Waals surface area contributed by atoms with Gasteiger partial charge in [0.15, 0.2) is 0 Å². The van der Waals surface area contributed by atoms with Gasteiger partial charge in [-0.25, -0.2) is 4.79 Å². The number of benzene rings is 3. The third-order valence-electron chi connectivity index (χ3n) is 5.41. The molecule has 0 spiro atoms. The molecule has 0 unspecified atom stereocenters. The fourth-order valence-electron chi connectivity index (χ4n) is 3.38. The highest BCUT2D eigenvalue weighted by molar-refractivity contribution is 6.30. The zero-order chi connectivity index (χ0) is 21.5. The van der Waals surface area contributed by atoms with Gasteiger partial charge in [0.2, 0.25) is 0 Å².